The number of nitrogens with zero attached hydrogens (tertiary/aromatic N) is 4. The van der Waals surface area contributed by atoms with Crippen molar-refractivity contribution >= 4 is 28.7 Å². The molecule has 3 heterocycles. The first kappa shape index (κ1) is 20.3. The van der Waals surface area contributed by atoms with Crippen LogP contribution in [0.15, 0.2) is 30.9 Å². The molecule has 166 valence electrons. The van der Waals surface area contributed by atoms with Gasteiger partial charge in [0.25, 0.3) is 5.91 Å². The molecule has 0 spiro atoms. The maximum atomic E-state index is 13.0. The fraction of sp³-hybridized carbons (Fsp3) is 0.455. The minimum absolute atomic E-state index is 0.0236. The van der Waals surface area contributed by atoms with Gasteiger partial charge in [-0.25, -0.2) is 9.97 Å². The van der Waals surface area contributed by atoms with E-state index in [0.717, 1.165) is 24.8 Å². The molecular formula is C22H25N7O3. The number of fused-ring (bicyclic) bond motifs is 4. The Balaban J connectivity index is 1.26. The molecule has 10 nitrogen and oxygen atoms in total. The number of carbonyl (C=O) groups excluding carboxylic acids is 1. The van der Waals surface area contributed by atoms with E-state index >= 15 is 0 Å². The molecule has 0 aliphatic heterocycles. The van der Waals surface area contributed by atoms with Gasteiger partial charge in [0, 0.05) is 25.5 Å². The Morgan fingerprint density at radius 3 is 2.47 bits per heavy atom. The van der Waals surface area contributed by atoms with Gasteiger partial charge in [0.1, 0.15) is 17.4 Å². The van der Waals surface area contributed by atoms with Crippen molar-refractivity contribution in [2.45, 2.75) is 45.1 Å². The third-order valence-electron chi connectivity index (χ3n) is 7.25. The van der Waals surface area contributed by atoms with Gasteiger partial charge in [-0.1, -0.05) is 0 Å². The minimum atomic E-state index is -0.675. The lowest BCUT2D eigenvalue weighted by Crippen LogP contribution is -2.50. The Labute approximate surface area is 184 Å². The van der Waals surface area contributed by atoms with Crippen molar-refractivity contribution in [1.82, 2.24) is 30.5 Å². The Morgan fingerprint density at radius 2 is 1.78 bits per heavy atom. The molecule has 3 aliphatic carbocycles. The highest BCUT2D eigenvalue weighted by atomic mass is 16.4. The van der Waals surface area contributed by atoms with Gasteiger partial charge in [-0.2, -0.15) is 5.10 Å². The van der Waals surface area contributed by atoms with E-state index in [1.54, 1.807) is 12.4 Å². The number of carboxylic acid groups (broad SMARTS) is 1. The highest BCUT2D eigenvalue weighted by Gasteiger charge is 2.52. The number of H-pyrrole nitrogens is 1. The Bertz CT molecular complexity index is 1140. The maximum Gasteiger partial charge on any atom is 0.309 e. The van der Waals surface area contributed by atoms with Crippen molar-refractivity contribution in [3.05, 3.63) is 42.1 Å². The Morgan fingerprint density at radius 1 is 1.06 bits per heavy atom. The van der Waals surface area contributed by atoms with Crippen LogP contribution in [-0.2, 0) is 11.3 Å². The molecule has 0 saturated heterocycles. The fourth-order valence-corrected chi connectivity index (χ4v) is 5.02. The number of hydrogen-bond acceptors (Lipinski definition) is 7. The van der Waals surface area contributed by atoms with Crippen LogP contribution in [0.25, 0.3) is 11.0 Å². The summed E-state index contributed by atoms with van der Waals surface area (Å²) in [5.74, 6) is -0.404. The number of nitrogens with one attached hydrogen (secondary N) is 3. The monoisotopic (exact) mass is 435 g/mol. The van der Waals surface area contributed by atoms with Crippen LogP contribution in [0.4, 0.5) is 5.82 Å². The zero-order valence-corrected chi connectivity index (χ0v) is 17.6. The zero-order chi connectivity index (χ0) is 22.2. The van der Waals surface area contributed by atoms with E-state index in [2.05, 4.69) is 35.8 Å². The summed E-state index contributed by atoms with van der Waals surface area (Å²) >= 11 is 0. The summed E-state index contributed by atoms with van der Waals surface area (Å²) in [6, 6.07) is 3.82. The predicted octanol–water partition coefficient (Wildman–Crippen LogP) is 2.51. The summed E-state index contributed by atoms with van der Waals surface area (Å²) < 4.78 is 0. The Hall–Kier alpha value is -3.56. The van der Waals surface area contributed by atoms with Gasteiger partial charge < -0.3 is 15.7 Å². The third kappa shape index (κ3) is 3.55. The number of aromatic nitrogens is 5. The van der Waals surface area contributed by atoms with Crippen molar-refractivity contribution in [3.63, 3.8) is 0 Å². The average Bonchev–Trinajstić information content (AvgIpc) is 3.26. The number of carbonyl (C=O) groups is 2. The van der Waals surface area contributed by atoms with Gasteiger partial charge in [0.15, 0.2) is 11.5 Å². The van der Waals surface area contributed by atoms with Crippen LogP contribution in [0, 0.1) is 10.8 Å². The molecule has 0 radical (unpaired) electrons. The van der Waals surface area contributed by atoms with Crippen molar-refractivity contribution in [3.8, 4) is 0 Å². The van der Waals surface area contributed by atoms with E-state index in [0.29, 0.717) is 49.2 Å². The molecule has 4 N–H and O–H groups in total. The topological polar surface area (TPSA) is 146 Å². The summed E-state index contributed by atoms with van der Waals surface area (Å²) in [6.07, 6.45) is 9.35. The van der Waals surface area contributed by atoms with Crippen molar-refractivity contribution in [2.75, 3.05) is 11.9 Å². The lowest BCUT2D eigenvalue weighted by molar-refractivity contribution is -0.158. The molecule has 2 bridgehead atoms. The molecule has 0 unspecified atom stereocenters. The molecule has 3 aliphatic rings. The summed E-state index contributed by atoms with van der Waals surface area (Å²) in [6.45, 7) is 1.07. The van der Waals surface area contributed by atoms with Crippen LogP contribution in [-0.4, -0.2) is 48.7 Å². The lowest BCUT2D eigenvalue weighted by Gasteiger charge is -2.51. The molecular weight excluding hydrogens is 410 g/mol. The van der Waals surface area contributed by atoms with E-state index in [1.807, 2.05) is 12.1 Å². The smallest absolute Gasteiger partial charge is 0.309 e. The van der Waals surface area contributed by atoms with Gasteiger partial charge in [-0.05, 0) is 61.6 Å². The summed E-state index contributed by atoms with van der Waals surface area (Å²) in [4.78, 5) is 37.1. The number of carboxylic acids is 1. The standard InChI is InChI=1S/C22H25N7O3/c30-19(25-12-21-3-6-22(7-4-21,8-5-21)20(31)32)17-15-16(26-13-27-17)18(29-28-15)24-11-14-1-9-23-10-2-14/h1-2,9-10,13H,3-8,11-12H2,(H,25,30)(H,31,32)(H2,24,28,29). The predicted molar refractivity (Wildman–Crippen MR) is 116 cm³/mol. The molecule has 0 atom stereocenters. The van der Waals surface area contributed by atoms with Gasteiger partial charge in [0.05, 0.1) is 5.41 Å². The third-order valence-corrected chi connectivity index (χ3v) is 7.25. The Kier molecular flexibility index (Phi) is 4.99. The van der Waals surface area contributed by atoms with E-state index in [9.17, 15) is 14.7 Å². The number of hydrogen-bond donors (Lipinski definition) is 4. The number of pyridine rings is 1. The number of amides is 1. The lowest BCUT2D eigenvalue weighted by atomic mass is 9.53. The van der Waals surface area contributed by atoms with Crippen LogP contribution in [0.3, 0.4) is 0 Å². The zero-order valence-electron chi connectivity index (χ0n) is 17.6. The first-order valence-corrected chi connectivity index (χ1v) is 10.8. The van der Waals surface area contributed by atoms with Crippen molar-refractivity contribution in [1.29, 1.82) is 0 Å². The van der Waals surface area contributed by atoms with Gasteiger partial charge in [-0.3, -0.25) is 19.7 Å². The minimum Gasteiger partial charge on any atom is -0.481 e. The molecule has 3 aromatic heterocycles. The molecule has 0 aromatic carbocycles. The van der Waals surface area contributed by atoms with E-state index in [4.69, 9.17) is 0 Å². The molecule has 1 amide bonds. The highest BCUT2D eigenvalue weighted by Crippen LogP contribution is 2.56. The largest absolute Gasteiger partial charge is 0.481 e. The second-order valence-electron chi connectivity index (χ2n) is 9.00. The van der Waals surface area contributed by atoms with Gasteiger partial charge >= 0.3 is 5.97 Å². The molecule has 3 aromatic rings. The van der Waals surface area contributed by atoms with E-state index in [-0.39, 0.29) is 17.0 Å². The molecule has 3 saturated carbocycles. The molecule has 10 heteroatoms. The fourth-order valence-electron chi connectivity index (χ4n) is 5.02. The van der Waals surface area contributed by atoms with Crippen LogP contribution in [0.1, 0.15) is 54.6 Å². The van der Waals surface area contributed by atoms with Crippen LogP contribution < -0.4 is 10.6 Å². The first-order valence-electron chi connectivity index (χ1n) is 10.8. The number of rotatable bonds is 7. The summed E-state index contributed by atoms with van der Waals surface area (Å²) in [5, 5.41) is 23.0. The second kappa shape index (κ2) is 7.85. The van der Waals surface area contributed by atoms with Crippen molar-refractivity contribution in [2.24, 2.45) is 10.8 Å². The maximum absolute atomic E-state index is 13.0. The summed E-state index contributed by atoms with van der Waals surface area (Å²) in [5.41, 5.74) is 1.76. The SMILES string of the molecule is O=C(NCC12CCC(C(=O)O)(CC1)CC2)c1ncnc2c(NCc3ccncc3)n[nH]c12. The molecule has 3 fully saturated rings. The highest BCUT2D eigenvalue weighted by molar-refractivity contribution is 6.04. The van der Waals surface area contributed by atoms with Crippen LogP contribution in [0.5, 0.6) is 0 Å². The van der Waals surface area contributed by atoms with Crippen LogP contribution in [0.2, 0.25) is 0 Å². The summed E-state index contributed by atoms with van der Waals surface area (Å²) in [7, 11) is 0. The number of anilines is 1. The number of aliphatic carboxylic acids is 1. The van der Waals surface area contributed by atoms with Crippen LogP contribution >= 0.6 is 0 Å². The van der Waals surface area contributed by atoms with Gasteiger partial charge in [-0.15, -0.1) is 0 Å². The second-order valence-corrected chi connectivity index (χ2v) is 9.00. The van der Waals surface area contributed by atoms with E-state index < -0.39 is 11.4 Å². The quantitative estimate of drug-likeness (QED) is 0.443. The molecule has 6 rings (SSSR count). The first-order chi connectivity index (χ1) is 15.5. The van der Waals surface area contributed by atoms with Gasteiger partial charge in [0.2, 0.25) is 0 Å². The average molecular weight is 435 g/mol. The normalized spacial score (nSPS) is 24.4. The number of aromatic amines is 1. The van der Waals surface area contributed by atoms with Crippen molar-refractivity contribution < 1.29 is 14.7 Å². The van der Waals surface area contributed by atoms with E-state index in [1.165, 1.54) is 6.33 Å². The molecule has 32 heavy (non-hydrogen) atoms.